The van der Waals surface area contributed by atoms with Crippen LogP contribution in [0.3, 0.4) is 0 Å². The van der Waals surface area contributed by atoms with E-state index in [0.717, 1.165) is 11.3 Å². The normalized spacial score (nSPS) is 10.5. The van der Waals surface area contributed by atoms with Gasteiger partial charge in [-0.25, -0.2) is 5.10 Å². The molecule has 0 saturated carbocycles. The third-order valence-corrected chi connectivity index (χ3v) is 3.76. The lowest BCUT2D eigenvalue weighted by Crippen LogP contribution is -2.10. The molecule has 0 aromatic carbocycles. The molecule has 7 nitrogen and oxygen atoms in total. The molecule has 0 atom stereocenters. The van der Waals surface area contributed by atoms with E-state index in [2.05, 4.69) is 10.2 Å². The fourth-order valence-electron chi connectivity index (χ4n) is 1.91. The molecule has 0 amide bonds. The smallest absolute Gasteiger partial charge is 0.326 e. The number of aryl methyl sites for hydroxylation is 1. The first-order chi connectivity index (χ1) is 9.09. The van der Waals surface area contributed by atoms with Gasteiger partial charge in [0.05, 0.1) is 27.4 Å². The summed E-state index contributed by atoms with van der Waals surface area (Å²) < 4.78 is 2.36. The molecule has 3 aromatic heterocycles. The first kappa shape index (κ1) is 13.2. The Bertz CT molecular complexity index is 814. The Kier molecular flexibility index (Phi) is 3.34. The van der Waals surface area contributed by atoms with Crippen molar-refractivity contribution in [1.29, 1.82) is 0 Å². The molecule has 0 fully saturated rings. The number of H-pyrrole nitrogens is 1. The molecule has 1 N–H and O–H groups in total. The molecule has 3 aromatic rings. The predicted octanol–water partition coefficient (Wildman–Crippen LogP) is 2.41. The van der Waals surface area contributed by atoms with E-state index in [0.29, 0.717) is 21.1 Å². The highest BCUT2D eigenvalue weighted by atomic mass is 32.1. The number of fused-ring (bicyclic) bond motifs is 3. The first-order valence-electron chi connectivity index (χ1n) is 5.69. The largest absolute Gasteiger partial charge is 0.338 e. The lowest BCUT2D eigenvalue weighted by molar-refractivity contribution is -0.380. The van der Waals surface area contributed by atoms with Gasteiger partial charge in [-0.3, -0.25) is 14.9 Å². The van der Waals surface area contributed by atoms with Crippen molar-refractivity contribution in [3.05, 3.63) is 32.7 Å². The summed E-state index contributed by atoms with van der Waals surface area (Å²) in [5.41, 5.74) is 0.863. The number of aromatic nitrogens is 3. The zero-order valence-corrected chi connectivity index (χ0v) is 11.4. The fraction of sp³-hybridized carbons (Fsp3) is 0.273. The van der Waals surface area contributed by atoms with Crippen LogP contribution in [0, 0.1) is 10.1 Å². The Balaban J connectivity index is 0.000000637. The van der Waals surface area contributed by atoms with Gasteiger partial charge in [0.1, 0.15) is 5.52 Å². The van der Waals surface area contributed by atoms with Gasteiger partial charge >= 0.3 is 5.00 Å². The molecule has 0 aliphatic carbocycles. The van der Waals surface area contributed by atoms with Crippen LogP contribution in [0.5, 0.6) is 0 Å². The van der Waals surface area contributed by atoms with Crippen LogP contribution >= 0.6 is 11.3 Å². The minimum Gasteiger partial charge on any atom is -0.338 e. The number of hydrogen-bond donors (Lipinski definition) is 1. The van der Waals surface area contributed by atoms with Crippen LogP contribution in [0.2, 0.25) is 0 Å². The molecule has 0 saturated heterocycles. The first-order valence-corrected chi connectivity index (χ1v) is 6.51. The van der Waals surface area contributed by atoms with Crippen LogP contribution in [-0.4, -0.2) is 19.7 Å². The van der Waals surface area contributed by atoms with Gasteiger partial charge in [0.2, 0.25) is 0 Å². The van der Waals surface area contributed by atoms with Gasteiger partial charge in [-0.05, 0) is 0 Å². The molecule has 0 spiro atoms. The molecule has 0 radical (unpaired) electrons. The van der Waals surface area contributed by atoms with Crippen molar-refractivity contribution in [2.45, 2.75) is 13.8 Å². The number of nitrogens with one attached hydrogen (secondary N) is 1. The Morgan fingerprint density at radius 1 is 1.47 bits per heavy atom. The molecule has 3 rings (SSSR count). The van der Waals surface area contributed by atoms with Crippen LogP contribution in [0.25, 0.3) is 21.1 Å². The maximum absolute atomic E-state index is 11.6. The molecular weight excluding hydrogens is 268 g/mol. The monoisotopic (exact) mass is 280 g/mol. The van der Waals surface area contributed by atoms with Gasteiger partial charge in [-0.1, -0.05) is 25.2 Å². The standard InChI is InChI=1S/C9H6N4O3S.C2H6/c1-12-5-2-6(13(15)16)17-8(5)4-3-10-11-9(14)7(4)12;1-2/h2-3H,1H3,(H,11,14);1-2H3. The molecule has 0 aliphatic heterocycles. The van der Waals surface area contributed by atoms with E-state index in [9.17, 15) is 14.9 Å². The van der Waals surface area contributed by atoms with Crippen molar-refractivity contribution < 1.29 is 4.92 Å². The van der Waals surface area contributed by atoms with Gasteiger partial charge in [0.25, 0.3) is 5.56 Å². The summed E-state index contributed by atoms with van der Waals surface area (Å²) in [5, 5.41) is 17.5. The van der Waals surface area contributed by atoms with Crippen molar-refractivity contribution in [1.82, 2.24) is 14.8 Å². The lowest BCUT2D eigenvalue weighted by Gasteiger charge is -1.93. The zero-order valence-electron chi connectivity index (χ0n) is 10.6. The van der Waals surface area contributed by atoms with Gasteiger partial charge < -0.3 is 4.57 Å². The number of nitrogens with zero attached hydrogens (tertiary/aromatic N) is 3. The molecule has 19 heavy (non-hydrogen) atoms. The highest BCUT2D eigenvalue weighted by Gasteiger charge is 2.19. The van der Waals surface area contributed by atoms with Crippen LogP contribution in [0.15, 0.2) is 17.1 Å². The third-order valence-electron chi connectivity index (χ3n) is 2.65. The lowest BCUT2D eigenvalue weighted by atomic mass is 10.3. The van der Waals surface area contributed by atoms with Crippen LogP contribution in [-0.2, 0) is 7.05 Å². The van der Waals surface area contributed by atoms with Crippen LogP contribution in [0.1, 0.15) is 13.8 Å². The summed E-state index contributed by atoms with van der Waals surface area (Å²) >= 11 is 1.05. The molecule has 8 heteroatoms. The van der Waals surface area contributed by atoms with E-state index in [1.807, 2.05) is 13.8 Å². The van der Waals surface area contributed by atoms with E-state index in [4.69, 9.17) is 0 Å². The molecule has 100 valence electrons. The minimum absolute atomic E-state index is 0.0628. The summed E-state index contributed by atoms with van der Waals surface area (Å²) in [5.74, 6) is 0. The number of aromatic amines is 1. The average Bonchev–Trinajstić information content (AvgIpc) is 2.94. The number of thiophene rings is 1. The minimum atomic E-state index is -0.433. The van der Waals surface area contributed by atoms with E-state index in [1.165, 1.54) is 12.3 Å². The van der Waals surface area contributed by atoms with Crippen molar-refractivity contribution in [2.24, 2.45) is 7.05 Å². The van der Waals surface area contributed by atoms with Crippen LogP contribution in [0.4, 0.5) is 5.00 Å². The number of rotatable bonds is 1. The van der Waals surface area contributed by atoms with Crippen molar-refractivity contribution >= 4 is 37.5 Å². The van der Waals surface area contributed by atoms with Gasteiger partial charge in [0, 0.05) is 12.4 Å². The molecular formula is C11H12N4O3S. The SMILES string of the molecule is CC.Cn1c2cc([N+](=O)[O-])sc2c2cn[nH]c(=O)c21. The summed E-state index contributed by atoms with van der Waals surface area (Å²) in [6, 6.07) is 1.47. The maximum Gasteiger partial charge on any atom is 0.326 e. The molecule has 0 unspecified atom stereocenters. The molecule has 0 bridgehead atoms. The second kappa shape index (κ2) is 4.81. The van der Waals surface area contributed by atoms with Gasteiger partial charge in [0.15, 0.2) is 0 Å². The van der Waals surface area contributed by atoms with Crippen molar-refractivity contribution in [3.63, 3.8) is 0 Å². The van der Waals surface area contributed by atoms with Crippen LogP contribution < -0.4 is 5.56 Å². The highest BCUT2D eigenvalue weighted by molar-refractivity contribution is 7.23. The summed E-state index contributed by atoms with van der Waals surface area (Å²) in [6.45, 7) is 4.00. The van der Waals surface area contributed by atoms with E-state index >= 15 is 0 Å². The summed E-state index contributed by atoms with van der Waals surface area (Å²) in [7, 11) is 1.70. The number of hydrogen-bond acceptors (Lipinski definition) is 5. The molecule has 0 aliphatic rings. The summed E-state index contributed by atoms with van der Waals surface area (Å²) in [4.78, 5) is 21.9. The second-order valence-corrected chi connectivity index (χ2v) is 4.61. The Labute approximate surface area is 111 Å². The maximum atomic E-state index is 11.6. The van der Waals surface area contributed by atoms with Crippen molar-refractivity contribution in [3.8, 4) is 0 Å². The van der Waals surface area contributed by atoms with Gasteiger partial charge in [-0.2, -0.15) is 5.10 Å². The topological polar surface area (TPSA) is 93.8 Å². The zero-order chi connectivity index (χ0) is 14.2. The fourth-order valence-corrected chi connectivity index (χ4v) is 2.93. The second-order valence-electron chi connectivity index (χ2n) is 3.58. The van der Waals surface area contributed by atoms with E-state index in [-0.39, 0.29) is 10.6 Å². The van der Waals surface area contributed by atoms with Gasteiger partial charge in [-0.15, -0.1) is 0 Å². The van der Waals surface area contributed by atoms with Crippen molar-refractivity contribution in [2.75, 3.05) is 0 Å². The Morgan fingerprint density at radius 3 is 2.79 bits per heavy atom. The summed E-state index contributed by atoms with van der Waals surface area (Å²) in [6.07, 6.45) is 1.51. The highest BCUT2D eigenvalue weighted by Crippen LogP contribution is 2.36. The number of nitro groups is 1. The average molecular weight is 280 g/mol. The quantitative estimate of drug-likeness (QED) is 0.547. The Hall–Kier alpha value is -2.22. The molecule has 3 heterocycles. The third kappa shape index (κ3) is 1.89. The Morgan fingerprint density at radius 2 is 2.16 bits per heavy atom. The predicted molar refractivity (Wildman–Crippen MR) is 74.7 cm³/mol. The van der Waals surface area contributed by atoms with E-state index in [1.54, 1.807) is 11.6 Å². The van der Waals surface area contributed by atoms with E-state index < -0.39 is 4.92 Å².